The molecule has 1 unspecified atom stereocenters. The standard InChI is InChI=1S/C29H42O5Si2/c1-28(2,3)36(22-15-11-9-12-16-22,23-17-13-10-14-18-23)32-21-25(31)27-26(33-29(4,5)34-27)24(30)19-20-35(6,7)8/h9-18,24-27,30-31H,21H2,1-8H3/t24?,25-,26+,27-/m1/s1. The first kappa shape index (κ1) is 28.8. The zero-order chi connectivity index (χ0) is 26.8. The fraction of sp³-hybridized carbons (Fsp3) is 0.517. The second-order valence-corrected chi connectivity index (χ2v) is 21.1. The summed E-state index contributed by atoms with van der Waals surface area (Å²) in [6.07, 6.45) is -3.63. The first-order valence-electron chi connectivity index (χ1n) is 12.7. The summed E-state index contributed by atoms with van der Waals surface area (Å²) in [5.74, 6) is 2.01. The zero-order valence-corrected chi connectivity index (χ0v) is 24.9. The maximum Gasteiger partial charge on any atom is 0.261 e. The molecular weight excluding hydrogens is 484 g/mol. The number of hydrogen-bond acceptors (Lipinski definition) is 5. The molecule has 0 spiro atoms. The Bertz CT molecular complexity index is 1010. The summed E-state index contributed by atoms with van der Waals surface area (Å²) < 4.78 is 19.0. The third-order valence-electron chi connectivity index (χ3n) is 6.34. The van der Waals surface area contributed by atoms with E-state index in [-0.39, 0.29) is 11.6 Å². The first-order valence-corrected chi connectivity index (χ1v) is 18.1. The molecule has 0 bridgehead atoms. The Kier molecular flexibility index (Phi) is 8.74. The van der Waals surface area contributed by atoms with Gasteiger partial charge in [-0.15, -0.1) is 5.54 Å². The van der Waals surface area contributed by atoms with Crippen molar-refractivity contribution in [2.75, 3.05) is 6.61 Å². The summed E-state index contributed by atoms with van der Waals surface area (Å²) in [6, 6.07) is 20.6. The molecule has 0 amide bonds. The molecule has 1 fully saturated rings. The van der Waals surface area contributed by atoms with E-state index in [1.807, 2.05) is 36.4 Å². The molecule has 4 atom stereocenters. The van der Waals surface area contributed by atoms with E-state index >= 15 is 0 Å². The number of aliphatic hydroxyl groups excluding tert-OH is 2. The quantitative estimate of drug-likeness (QED) is 0.426. The van der Waals surface area contributed by atoms with E-state index < -0.39 is 46.6 Å². The van der Waals surface area contributed by atoms with Gasteiger partial charge in [-0.3, -0.25) is 0 Å². The Morgan fingerprint density at radius 1 is 0.889 bits per heavy atom. The van der Waals surface area contributed by atoms with Gasteiger partial charge in [-0.25, -0.2) is 0 Å². The molecular formula is C29H42O5Si2. The normalized spacial score (nSPS) is 21.9. The van der Waals surface area contributed by atoms with Gasteiger partial charge in [0.1, 0.15) is 32.5 Å². The molecule has 1 aliphatic heterocycles. The van der Waals surface area contributed by atoms with Gasteiger partial charge in [0, 0.05) is 0 Å². The average molecular weight is 527 g/mol. The smallest absolute Gasteiger partial charge is 0.261 e. The molecule has 1 saturated heterocycles. The molecule has 2 aromatic rings. The molecule has 7 heteroatoms. The van der Waals surface area contributed by atoms with E-state index in [1.165, 1.54) is 0 Å². The zero-order valence-electron chi connectivity index (χ0n) is 22.9. The Morgan fingerprint density at radius 3 is 1.81 bits per heavy atom. The van der Waals surface area contributed by atoms with Gasteiger partial charge in [0.2, 0.25) is 0 Å². The molecule has 0 saturated carbocycles. The third kappa shape index (κ3) is 6.56. The van der Waals surface area contributed by atoms with Crippen molar-refractivity contribution < 1.29 is 24.1 Å². The van der Waals surface area contributed by atoms with Crippen molar-refractivity contribution in [2.24, 2.45) is 0 Å². The lowest BCUT2D eigenvalue weighted by atomic mass is 10.0. The summed E-state index contributed by atoms with van der Waals surface area (Å²) in [7, 11) is -4.52. The van der Waals surface area contributed by atoms with Gasteiger partial charge in [-0.2, -0.15) is 0 Å². The highest BCUT2D eigenvalue weighted by Crippen LogP contribution is 2.38. The lowest BCUT2D eigenvalue weighted by Gasteiger charge is -2.43. The molecule has 36 heavy (non-hydrogen) atoms. The molecule has 2 N–H and O–H groups in total. The fourth-order valence-electron chi connectivity index (χ4n) is 4.80. The Morgan fingerprint density at radius 2 is 1.36 bits per heavy atom. The van der Waals surface area contributed by atoms with Gasteiger partial charge in [0.15, 0.2) is 5.79 Å². The Hall–Kier alpha value is -1.77. The van der Waals surface area contributed by atoms with Crippen molar-refractivity contribution >= 4 is 26.8 Å². The van der Waals surface area contributed by atoms with Crippen molar-refractivity contribution in [3.8, 4) is 11.5 Å². The van der Waals surface area contributed by atoms with Crippen molar-refractivity contribution in [3.05, 3.63) is 60.7 Å². The highest BCUT2D eigenvalue weighted by molar-refractivity contribution is 6.99. The minimum absolute atomic E-state index is 0.0437. The van der Waals surface area contributed by atoms with Gasteiger partial charge in [0.25, 0.3) is 8.32 Å². The lowest BCUT2D eigenvalue weighted by molar-refractivity contribution is -0.160. The SMILES string of the molecule is CC1(C)O[C@H]([C@H](O)CO[Si](c2ccccc2)(c2ccccc2)C(C)(C)C)[C@H](C(O)C#C[Si](C)(C)C)O1. The van der Waals surface area contributed by atoms with Crippen molar-refractivity contribution in [1.29, 1.82) is 0 Å². The van der Waals surface area contributed by atoms with Gasteiger partial charge in [-0.05, 0) is 29.3 Å². The minimum Gasteiger partial charge on any atom is -0.405 e. The Balaban J connectivity index is 1.94. The third-order valence-corrected chi connectivity index (χ3v) is 12.2. The highest BCUT2D eigenvalue weighted by atomic mass is 28.4. The lowest BCUT2D eigenvalue weighted by Crippen LogP contribution is -2.67. The van der Waals surface area contributed by atoms with Crippen LogP contribution in [0.2, 0.25) is 24.7 Å². The van der Waals surface area contributed by atoms with Gasteiger partial charge >= 0.3 is 0 Å². The number of ether oxygens (including phenoxy) is 2. The van der Waals surface area contributed by atoms with Crippen LogP contribution in [-0.4, -0.2) is 63.4 Å². The van der Waals surface area contributed by atoms with Crippen molar-refractivity contribution in [1.82, 2.24) is 0 Å². The van der Waals surface area contributed by atoms with E-state index in [0.717, 1.165) is 10.4 Å². The van der Waals surface area contributed by atoms with Crippen LogP contribution in [0.3, 0.4) is 0 Å². The second-order valence-electron chi connectivity index (χ2n) is 12.1. The maximum absolute atomic E-state index is 11.4. The number of rotatable bonds is 7. The number of benzene rings is 2. The molecule has 0 radical (unpaired) electrons. The maximum atomic E-state index is 11.4. The van der Waals surface area contributed by atoms with Crippen LogP contribution >= 0.6 is 0 Å². The average Bonchev–Trinajstić information content (AvgIpc) is 3.13. The molecule has 1 aliphatic rings. The van der Waals surface area contributed by atoms with Crippen LogP contribution in [0.4, 0.5) is 0 Å². The molecule has 1 heterocycles. The topological polar surface area (TPSA) is 68.2 Å². The van der Waals surface area contributed by atoms with Crippen LogP contribution in [0, 0.1) is 11.5 Å². The predicted molar refractivity (Wildman–Crippen MR) is 151 cm³/mol. The van der Waals surface area contributed by atoms with Gasteiger partial charge < -0.3 is 24.1 Å². The summed E-state index contributed by atoms with van der Waals surface area (Å²) in [6.45, 7) is 16.6. The van der Waals surface area contributed by atoms with E-state index in [9.17, 15) is 10.2 Å². The summed E-state index contributed by atoms with van der Waals surface area (Å²) >= 11 is 0. The number of hydrogen-bond donors (Lipinski definition) is 2. The first-order chi connectivity index (χ1) is 16.7. The summed E-state index contributed by atoms with van der Waals surface area (Å²) in [5, 5.41) is 24.3. The van der Waals surface area contributed by atoms with E-state index in [2.05, 4.69) is 76.1 Å². The van der Waals surface area contributed by atoms with Crippen LogP contribution in [0.5, 0.6) is 0 Å². The minimum atomic E-state index is -2.83. The van der Waals surface area contributed by atoms with Crippen LogP contribution in [-0.2, 0) is 13.9 Å². The molecule has 5 nitrogen and oxygen atoms in total. The Labute approximate surface area is 219 Å². The summed E-state index contributed by atoms with van der Waals surface area (Å²) in [5.41, 5.74) is 3.20. The second kappa shape index (κ2) is 10.9. The van der Waals surface area contributed by atoms with E-state index in [4.69, 9.17) is 13.9 Å². The van der Waals surface area contributed by atoms with Gasteiger partial charge in [-0.1, -0.05) is 107 Å². The largest absolute Gasteiger partial charge is 0.405 e. The van der Waals surface area contributed by atoms with E-state index in [1.54, 1.807) is 13.8 Å². The number of aliphatic hydroxyl groups is 2. The predicted octanol–water partition coefficient (Wildman–Crippen LogP) is 3.69. The molecule has 0 aliphatic carbocycles. The fourth-order valence-corrected chi connectivity index (χ4v) is 9.96. The van der Waals surface area contributed by atoms with Crippen molar-refractivity contribution in [2.45, 2.75) is 89.5 Å². The molecule has 196 valence electrons. The highest BCUT2D eigenvalue weighted by Gasteiger charge is 2.52. The molecule has 3 rings (SSSR count). The molecule has 2 aromatic carbocycles. The molecule has 0 aromatic heterocycles. The van der Waals surface area contributed by atoms with E-state index in [0.29, 0.717) is 0 Å². The van der Waals surface area contributed by atoms with Crippen LogP contribution in [0.25, 0.3) is 0 Å². The van der Waals surface area contributed by atoms with Gasteiger partial charge in [0.05, 0.1) is 6.61 Å². The van der Waals surface area contributed by atoms with Crippen LogP contribution in [0.15, 0.2) is 60.7 Å². The van der Waals surface area contributed by atoms with Crippen molar-refractivity contribution in [3.63, 3.8) is 0 Å². The van der Waals surface area contributed by atoms with Crippen LogP contribution < -0.4 is 10.4 Å². The van der Waals surface area contributed by atoms with Crippen LogP contribution in [0.1, 0.15) is 34.6 Å². The monoisotopic (exact) mass is 526 g/mol. The summed E-state index contributed by atoms with van der Waals surface area (Å²) in [4.78, 5) is 0.